The van der Waals surface area contributed by atoms with Crippen LogP contribution in [0.3, 0.4) is 0 Å². The van der Waals surface area contributed by atoms with Crippen LogP contribution in [0.2, 0.25) is 0 Å². The SMILES string of the molecule is CCOc1ccc(-c2noc(CCC(=O)N[C@@H]3CCC[C@@H]3C(=O)O)n2)cc1. The molecule has 27 heavy (non-hydrogen) atoms. The van der Waals surface area contributed by atoms with Crippen LogP contribution >= 0.6 is 0 Å². The Morgan fingerprint density at radius 1 is 1.30 bits per heavy atom. The van der Waals surface area contributed by atoms with E-state index in [2.05, 4.69) is 15.5 Å². The normalized spacial score (nSPS) is 19.0. The van der Waals surface area contributed by atoms with Gasteiger partial charge in [-0.1, -0.05) is 11.6 Å². The summed E-state index contributed by atoms with van der Waals surface area (Å²) in [7, 11) is 0. The van der Waals surface area contributed by atoms with Gasteiger partial charge in [0.05, 0.1) is 12.5 Å². The summed E-state index contributed by atoms with van der Waals surface area (Å²) in [5, 5.41) is 15.9. The number of carbonyl (C=O) groups excluding carboxylic acids is 1. The zero-order valence-corrected chi connectivity index (χ0v) is 15.2. The Morgan fingerprint density at radius 3 is 2.78 bits per heavy atom. The van der Waals surface area contributed by atoms with Crippen molar-refractivity contribution in [2.75, 3.05) is 6.61 Å². The highest BCUT2D eigenvalue weighted by atomic mass is 16.5. The number of carbonyl (C=O) groups is 2. The van der Waals surface area contributed by atoms with E-state index in [0.717, 1.165) is 17.7 Å². The van der Waals surface area contributed by atoms with Gasteiger partial charge in [-0.05, 0) is 44.0 Å². The molecule has 0 spiro atoms. The van der Waals surface area contributed by atoms with Crippen LogP contribution in [0.4, 0.5) is 0 Å². The monoisotopic (exact) mass is 373 g/mol. The number of aliphatic carboxylic acids is 1. The van der Waals surface area contributed by atoms with Crippen LogP contribution in [-0.2, 0) is 16.0 Å². The third-order valence-electron chi connectivity index (χ3n) is 4.64. The molecule has 0 bridgehead atoms. The molecule has 1 saturated carbocycles. The van der Waals surface area contributed by atoms with Crippen LogP contribution in [0.1, 0.15) is 38.5 Å². The van der Waals surface area contributed by atoms with E-state index < -0.39 is 11.9 Å². The number of aryl methyl sites for hydroxylation is 1. The minimum Gasteiger partial charge on any atom is -0.494 e. The maximum Gasteiger partial charge on any atom is 0.308 e. The van der Waals surface area contributed by atoms with Crippen molar-refractivity contribution in [3.8, 4) is 17.1 Å². The minimum atomic E-state index is -0.852. The highest BCUT2D eigenvalue weighted by Crippen LogP contribution is 2.26. The third-order valence-corrected chi connectivity index (χ3v) is 4.64. The van der Waals surface area contributed by atoms with E-state index in [-0.39, 0.29) is 18.4 Å². The van der Waals surface area contributed by atoms with Gasteiger partial charge in [-0.3, -0.25) is 9.59 Å². The standard InChI is InChI=1S/C19H23N3O5/c1-2-26-13-8-6-12(7-9-13)18-21-17(27-22-18)11-10-16(23)20-15-5-3-4-14(15)19(24)25/h6-9,14-15H,2-5,10-11H2,1H3,(H,20,23)(H,24,25)/t14-,15+/m0/s1. The molecule has 1 aliphatic rings. The maximum absolute atomic E-state index is 12.1. The van der Waals surface area contributed by atoms with Crippen LogP contribution in [0.15, 0.2) is 28.8 Å². The fraction of sp³-hybridized carbons (Fsp3) is 0.474. The predicted molar refractivity (Wildman–Crippen MR) is 96.1 cm³/mol. The number of hydrogen-bond donors (Lipinski definition) is 2. The van der Waals surface area contributed by atoms with Crippen LogP contribution in [0.25, 0.3) is 11.4 Å². The van der Waals surface area contributed by atoms with Gasteiger partial charge in [0, 0.05) is 24.4 Å². The number of nitrogens with one attached hydrogen (secondary N) is 1. The van der Waals surface area contributed by atoms with E-state index in [9.17, 15) is 14.7 Å². The predicted octanol–water partition coefficient (Wildman–Crippen LogP) is 2.44. The average Bonchev–Trinajstić information content (AvgIpc) is 3.30. The number of carboxylic acid groups (broad SMARTS) is 1. The average molecular weight is 373 g/mol. The molecule has 1 aromatic heterocycles. The van der Waals surface area contributed by atoms with E-state index in [1.54, 1.807) is 0 Å². The first-order valence-corrected chi connectivity index (χ1v) is 9.14. The molecule has 1 amide bonds. The molecule has 2 N–H and O–H groups in total. The quantitative estimate of drug-likeness (QED) is 0.730. The summed E-state index contributed by atoms with van der Waals surface area (Å²) in [4.78, 5) is 27.6. The number of ether oxygens (including phenoxy) is 1. The lowest BCUT2D eigenvalue weighted by Gasteiger charge is -2.17. The van der Waals surface area contributed by atoms with E-state index in [1.165, 1.54) is 0 Å². The van der Waals surface area contributed by atoms with E-state index in [0.29, 0.717) is 37.6 Å². The number of benzene rings is 1. The van der Waals surface area contributed by atoms with Gasteiger partial charge in [0.2, 0.25) is 17.6 Å². The Balaban J connectivity index is 1.52. The molecule has 3 rings (SSSR count). The van der Waals surface area contributed by atoms with Crippen LogP contribution in [0.5, 0.6) is 5.75 Å². The number of carboxylic acids is 1. The molecule has 0 unspecified atom stereocenters. The second-order valence-electron chi connectivity index (χ2n) is 6.52. The summed E-state index contributed by atoms with van der Waals surface area (Å²) < 4.78 is 10.6. The lowest BCUT2D eigenvalue weighted by atomic mass is 10.0. The zero-order chi connectivity index (χ0) is 19.2. The van der Waals surface area contributed by atoms with Crippen molar-refractivity contribution in [3.05, 3.63) is 30.2 Å². The van der Waals surface area contributed by atoms with Gasteiger partial charge in [-0.25, -0.2) is 0 Å². The summed E-state index contributed by atoms with van der Waals surface area (Å²) in [6.45, 7) is 2.52. The molecule has 0 saturated heterocycles. The molecule has 1 aromatic carbocycles. The first-order valence-electron chi connectivity index (χ1n) is 9.14. The van der Waals surface area contributed by atoms with Crippen molar-refractivity contribution in [2.45, 2.75) is 45.1 Å². The van der Waals surface area contributed by atoms with Gasteiger partial charge in [0.25, 0.3) is 0 Å². The Hall–Kier alpha value is -2.90. The molecule has 2 aromatic rings. The lowest BCUT2D eigenvalue weighted by Crippen LogP contribution is -2.40. The van der Waals surface area contributed by atoms with E-state index >= 15 is 0 Å². The van der Waals surface area contributed by atoms with Gasteiger partial charge in [-0.15, -0.1) is 0 Å². The number of amides is 1. The number of hydrogen-bond acceptors (Lipinski definition) is 6. The molecular weight excluding hydrogens is 350 g/mol. The fourth-order valence-electron chi connectivity index (χ4n) is 3.27. The summed E-state index contributed by atoms with van der Waals surface area (Å²) in [6, 6.07) is 7.07. The van der Waals surface area contributed by atoms with Crippen molar-refractivity contribution in [1.29, 1.82) is 0 Å². The van der Waals surface area contributed by atoms with Gasteiger partial charge in [-0.2, -0.15) is 4.98 Å². The van der Waals surface area contributed by atoms with Crippen molar-refractivity contribution in [3.63, 3.8) is 0 Å². The number of aromatic nitrogens is 2. The molecule has 1 heterocycles. The molecule has 1 fully saturated rings. The number of nitrogens with zero attached hydrogens (tertiary/aromatic N) is 2. The van der Waals surface area contributed by atoms with Gasteiger partial charge in [0.1, 0.15) is 5.75 Å². The smallest absolute Gasteiger partial charge is 0.308 e. The van der Waals surface area contributed by atoms with Crippen molar-refractivity contribution in [1.82, 2.24) is 15.5 Å². The van der Waals surface area contributed by atoms with Gasteiger partial charge >= 0.3 is 5.97 Å². The van der Waals surface area contributed by atoms with Crippen molar-refractivity contribution < 1.29 is 24.0 Å². The molecular formula is C19H23N3O5. The molecule has 1 aliphatic carbocycles. The summed E-state index contributed by atoms with van der Waals surface area (Å²) >= 11 is 0. The summed E-state index contributed by atoms with van der Waals surface area (Å²) in [6.07, 6.45) is 2.60. The van der Waals surface area contributed by atoms with Crippen LogP contribution < -0.4 is 10.1 Å². The Kier molecular flexibility index (Phi) is 6.05. The fourth-order valence-corrected chi connectivity index (χ4v) is 3.27. The topological polar surface area (TPSA) is 115 Å². The maximum atomic E-state index is 12.1. The second-order valence-corrected chi connectivity index (χ2v) is 6.52. The Labute approximate surface area is 156 Å². The molecule has 144 valence electrons. The molecule has 8 nitrogen and oxygen atoms in total. The van der Waals surface area contributed by atoms with Crippen molar-refractivity contribution >= 4 is 11.9 Å². The zero-order valence-electron chi connectivity index (χ0n) is 15.2. The summed E-state index contributed by atoms with van der Waals surface area (Å²) in [5.41, 5.74) is 0.799. The highest BCUT2D eigenvalue weighted by molar-refractivity contribution is 5.78. The minimum absolute atomic E-state index is 0.174. The molecule has 8 heteroatoms. The second kappa shape index (κ2) is 8.66. The largest absolute Gasteiger partial charge is 0.494 e. The highest BCUT2D eigenvalue weighted by Gasteiger charge is 2.33. The first kappa shape index (κ1) is 18.9. The van der Waals surface area contributed by atoms with Gasteiger partial charge < -0.3 is 19.7 Å². The lowest BCUT2D eigenvalue weighted by molar-refractivity contribution is -0.142. The van der Waals surface area contributed by atoms with Crippen LogP contribution in [-0.4, -0.2) is 39.8 Å². The number of rotatable bonds is 8. The van der Waals surface area contributed by atoms with Gasteiger partial charge in [0.15, 0.2) is 0 Å². The molecule has 0 radical (unpaired) electrons. The first-order chi connectivity index (χ1) is 13.1. The van der Waals surface area contributed by atoms with E-state index in [1.807, 2.05) is 31.2 Å². The third kappa shape index (κ3) is 4.84. The summed E-state index contributed by atoms with van der Waals surface area (Å²) in [5.74, 6) is 0.0472. The van der Waals surface area contributed by atoms with Crippen molar-refractivity contribution in [2.24, 2.45) is 5.92 Å². The molecule has 2 atom stereocenters. The Morgan fingerprint density at radius 2 is 2.07 bits per heavy atom. The van der Waals surface area contributed by atoms with Crippen LogP contribution in [0, 0.1) is 5.92 Å². The molecule has 0 aliphatic heterocycles. The Bertz CT molecular complexity index is 787. The van der Waals surface area contributed by atoms with E-state index in [4.69, 9.17) is 9.26 Å².